The second-order valence-corrected chi connectivity index (χ2v) is 7.11. The number of amides is 2. The van der Waals surface area contributed by atoms with Gasteiger partial charge in [-0.1, -0.05) is 42.0 Å². The topological polar surface area (TPSA) is 80.3 Å². The molecule has 2 aromatic carbocycles. The normalized spacial score (nSPS) is 10.7. The molecule has 0 fully saturated rings. The average Bonchev–Trinajstić information content (AvgIpc) is 3.19. The highest BCUT2D eigenvalue weighted by Crippen LogP contribution is 2.32. The lowest BCUT2D eigenvalue weighted by atomic mass is 10.1. The Labute approximate surface area is 173 Å². The quantitative estimate of drug-likeness (QED) is 0.582. The van der Waals surface area contributed by atoms with Crippen molar-refractivity contribution in [2.45, 2.75) is 6.92 Å². The molecule has 0 bridgehead atoms. The molecule has 0 radical (unpaired) electrons. The molecule has 0 spiro atoms. The Kier molecular flexibility index (Phi) is 6.76. The van der Waals surface area contributed by atoms with Crippen LogP contribution in [0.15, 0.2) is 60.0 Å². The van der Waals surface area contributed by atoms with Gasteiger partial charge in [0.25, 0.3) is 0 Å². The first-order chi connectivity index (χ1) is 14.0. The van der Waals surface area contributed by atoms with Gasteiger partial charge in [-0.15, -0.1) is 11.3 Å². The van der Waals surface area contributed by atoms with Crippen LogP contribution >= 0.6 is 11.3 Å². The fourth-order valence-corrected chi connectivity index (χ4v) is 3.33. The van der Waals surface area contributed by atoms with Crippen molar-refractivity contribution in [2.75, 3.05) is 19.0 Å². The monoisotopic (exact) mass is 407 g/mol. The maximum Gasteiger partial charge on any atom is 0.245 e. The number of ether oxygens (including phenoxy) is 1. The van der Waals surface area contributed by atoms with E-state index in [1.165, 1.54) is 17.4 Å². The van der Waals surface area contributed by atoms with E-state index in [0.717, 1.165) is 28.1 Å². The van der Waals surface area contributed by atoms with Crippen LogP contribution in [0.25, 0.3) is 17.3 Å². The molecule has 7 heteroatoms. The van der Waals surface area contributed by atoms with E-state index < -0.39 is 0 Å². The molecule has 0 aliphatic heterocycles. The van der Waals surface area contributed by atoms with Gasteiger partial charge in [-0.2, -0.15) is 0 Å². The molecule has 0 unspecified atom stereocenters. The maximum atomic E-state index is 12.1. The van der Waals surface area contributed by atoms with Crippen molar-refractivity contribution in [3.63, 3.8) is 0 Å². The molecule has 1 heterocycles. The summed E-state index contributed by atoms with van der Waals surface area (Å²) in [5.41, 5.74) is 3.59. The van der Waals surface area contributed by atoms with Gasteiger partial charge in [0.05, 0.1) is 19.3 Å². The molecule has 0 aliphatic rings. The molecule has 2 N–H and O–H groups in total. The van der Waals surface area contributed by atoms with Crippen molar-refractivity contribution in [3.8, 4) is 17.0 Å². The van der Waals surface area contributed by atoms with E-state index in [4.69, 9.17) is 4.74 Å². The van der Waals surface area contributed by atoms with Crippen molar-refractivity contribution in [3.05, 3.63) is 71.1 Å². The number of carbonyl (C=O) groups is 2. The highest BCUT2D eigenvalue weighted by Gasteiger charge is 2.12. The third-order valence-electron chi connectivity index (χ3n) is 4.03. The molecular weight excluding hydrogens is 386 g/mol. The Hall–Kier alpha value is -3.45. The molecule has 3 aromatic rings. The van der Waals surface area contributed by atoms with Crippen LogP contribution in [-0.2, 0) is 9.59 Å². The van der Waals surface area contributed by atoms with Gasteiger partial charge in [0, 0.05) is 17.0 Å². The summed E-state index contributed by atoms with van der Waals surface area (Å²) in [6, 6.07) is 15.3. The summed E-state index contributed by atoms with van der Waals surface area (Å²) in [6.07, 6.45) is 3.09. The van der Waals surface area contributed by atoms with Gasteiger partial charge in [-0.05, 0) is 30.7 Å². The second kappa shape index (κ2) is 9.66. The Morgan fingerprint density at radius 1 is 1.17 bits per heavy atom. The highest BCUT2D eigenvalue weighted by molar-refractivity contribution is 7.14. The zero-order chi connectivity index (χ0) is 20.6. The van der Waals surface area contributed by atoms with Crippen LogP contribution in [0.3, 0.4) is 0 Å². The molecule has 0 atom stereocenters. The summed E-state index contributed by atoms with van der Waals surface area (Å²) in [5.74, 6) is 0.0353. The number of thiazole rings is 1. The van der Waals surface area contributed by atoms with Crippen LogP contribution in [0.1, 0.15) is 11.1 Å². The lowest BCUT2D eigenvalue weighted by molar-refractivity contribution is -0.121. The van der Waals surface area contributed by atoms with Gasteiger partial charge in [0.15, 0.2) is 5.13 Å². The lowest BCUT2D eigenvalue weighted by Gasteiger charge is -2.07. The molecule has 0 aliphatic carbocycles. The number of carbonyl (C=O) groups excluding carboxylic acids is 2. The average molecular weight is 407 g/mol. The minimum absolute atomic E-state index is 0.138. The van der Waals surface area contributed by atoms with E-state index in [0.29, 0.717) is 5.13 Å². The largest absolute Gasteiger partial charge is 0.496 e. The molecule has 3 rings (SSSR count). The van der Waals surface area contributed by atoms with E-state index >= 15 is 0 Å². The Morgan fingerprint density at radius 3 is 2.72 bits per heavy atom. The lowest BCUT2D eigenvalue weighted by Crippen LogP contribution is -2.31. The zero-order valence-electron chi connectivity index (χ0n) is 16.1. The number of methoxy groups -OCH3 is 1. The molecule has 148 valence electrons. The van der Waals surface area contributed by atoms with Crippen molar-refractivity contribution >= 4 is 34.4 Å². The van der Waals surface area contributed by atoms with Gasteiger partial charge in [0.2, 0.25) is 11.8 Å². The minimum atomic E-state index is -0.344. The fourth-order valence-electron chi connectivity index (χ4n) is 2.60. The molecule has 29 heavy (non-hydrogen) atoms. The smallest absolute Gasteiger partial charge is 0.245 e. The van der Waals surface area contributed by atoms with Crippen LogP contribution < -0.4 is 15.4 Å². The minimum Gasteiger partial charge on any atom is -0.496 e. The number of rotatable bonds is 7. The van der Waals surface area contributed by atoms with Crippen molar-refractivity contribution in [2.24, 2.45) is 0 Å². The number of aromatic nitrogens is 1. The summed E-state index contributed by atoms with van der Waals surface area (Å²) >= 11 is 1.31. The highest BCUT2D eigenvalue weighted by atomic mass is 32.1. The van der Waals surface area contributed by atoms with E-state index in [1.54, 1.807) is 13.2 Å². The molecule has 1 aromatic heterocycles. The molecule has 0 saturated heterocycles. The van der Waals surface area contributed by atoms with Crippen LogP contribution in [0, 0.1) is 6.92 Å². The standard InChI is InChI=1S/C22H21N3O3S/c1-15-8-10-19(28-2)17(12-15)18-14-29-22(24-18)25-21(27)13-23-20(26)11-9-16-6-4-3-5-7-16/h3-12,14H,13H2,1-2H3,(H,23,26)(H,24,25,27)/b11-9+. The van der Waals surface area contributed by atoms with Crippen LogP contribution in [0.4, 0.5) is 5.13 Å². The third-order valence-corrected chi connectivity index (χ3v) is 4.79. The first kappa shape index (κ1) is 20.3. The predicted molar refractivity (Wildman–Crippen MR) is 116 cm³/mol. The van der Waals surface area contributed by atoms with Gasteiger partial charge in [0.1, 0.15) is 5.75 Å². The van der Waals surface area contributed by atoms with Crippen LogP contribution in [0.2, 0.25) is 0 Å². The molecule has 6 nitrogen and oxygen atoms in total. The second-order valence-electron chi connectivity index (χ2n) is 6.25. The van der Waals surface area contributed by atoms with Gasteiger partial charge >= 0.3 is 0 Å². The summed E-state index contributed by atoms with van der Waals surface area (Å²) in [4.78, 5) is 28.4. The number of benzene rings is 2. The first-order valence-electron chi connectivity index (χ1n) is 8.96. The third kappa shape index (κ3) is 5.76. The first-order valence-corrected chi connectivity index (χ1v) is 9.84. The number of hydrogen-bond acceptors (Lipinski definition) is 5. The summed E-state index contributed by atoms with van der Waals surface area (Å²) in [7, 11) is 1.61. The number of anilines is 1. The van der Waals surface area contributed by atoms with Crippen molar-refractivity contribution in [1.82, 2.24) is 10.3 Å². The molecular formula is C22H21N3O3S. The van der Waals surface area contributed by atoms with E-state index in [9.17, 15) is 9.59 Å². The predicted octanol–water partition coefficient (Wildman–Crippen LogP) is 3.90. The number of nitrogens with zero attached hydrogens (tertiary/aromatic N) is 1. The van der Waals surface area contributed by atoms with Crippen molar-refractivity contribution in [1.29, 1.82) is 0 Å². The number of nitrogens with one attached hydrogen (secondary N) is 2. The van der Waals surface area contributed by atoms with E-state index in [1.807, 2.05) is 60.8 Å². The Bertz CT molecular complexity index is 1030. The number of aryl methyl sites for hydroxylation is 1. The fraction of sp³-hybridized carbons (Fsp3) is 0.136. The van der Waals surface area contributed by atoms with Gasteiger partial charge < -0.3 is 15.4 Å². The summed E-state index contributed by atoms with van der Waals surface area (Å²) in [6.45, 7) is 1.85. The molecule has 2 amide bonds. The molecule has 0 saturated carbocycles. The Morgan fingerprint density at radius 2 is 1.97 bits per heavy atom. The van der Waals surface area contributed by atoms with E-state index in [2.05, 4.69) is 15.6 Å². The maximum absolute atomic E-state index is 12.1. The number of hydrogen-bond donors (Lipinski definition) is 2. The van der Waals surface area contributed by atoms with Crippen molar-refractivity contribution < 1.29 is 14.3 Å². The van der Waals surface area contributed by atoms with Crippen LogP contribution in [-0.4, -0.2) is 30.5 Å². The SMILES string of the molecule is COc1ccc(C)cc1-c1csc(NC(=O)CNC(=O)/C=C/c2ccccc2)n1. The summed E-state index contributed by atoms with van der Waals surface area (Å²) < 4.78 is 5.39. The summed E-state index contributed by atoms with van der Waals surface area (Å²) in [5, 5.41) is 7.57. The zero-order valence-corrected chi connectivity index (χ0v) is 17.0. The van der Waals surface area contributed by atoms with Gasteiger partial charge in [-0.25, -0.2) is 4.98 Å². The van der Waals surface area contributed by atoms with E-state index in [-0.39, 0.29) is 18.4 Å². The Balaban J connectivity index is 1.55. The van der Waals surface area contributed by atoms with Crippen LogP contribution in [0.5, 0.6) is 5.75 Å². The van der Waals surface area contributed by atoms with Gasteiger partial charge in [-0.3, -0.25) is 9.59 Å².